The molecule has 1 atom stereocenters. The van der Waals surface area contributed by atoms with E-state index < -0.39 is 5.92 Å². The largest absolute Gasteiger partial charge is 0.340 e. The molecule has 0 saturated carbocycles. The minimum Gasteiger partial charge on any atom is -0.340 e. The number of aromatic nitrogens is 2. The molecule has 0 amide bonds. The Kier molecular flexibility index (Phi) is 3.39. The minimum absolute atomic E-state index is 0.0888. The highest BCUT2D eigenvalue weighted by molar-refractivity contribution is 5.89. The molecule has 2 aromatic rings. The van der Waals surface area contributed by atoms with Crippen LogP contribution in [0, 0.1) is 16.7 Å². The summed E-state index contributed by atoms with van der Waals surface area (Å²) in [5.41, 5.74) is 1.50. The van der Waals surface area contributed by atoms with E-state index in [0.717, 1.165) is 11.0 Å². The van der Waals surface area contributed by atoms with Gasteiger partial charge in [0.15, 0.2) is 11.7 Å². The number of aromatic amines is 1. The van der Waals surface area contributed by atoms with E-state index in [2.05, 4.69) is 16.0 Å². The zero-order chi connectivity index (χ0) is 14.0. The molecule has 0 bridgehead atoms. The van der Waals surface area contributed by atoms with Crippen molar-refractivity contribution < 1.29 is 4.79 Å². The lowest BCUT2D eigenvalue weighted by molar-refractivity contribution is -0.121. The molecule has 4 heteroatoms. The molecule has 98 valence electrons. The number of Topliss-reactive ketones (excluding diaryl/α,β-unsaturated/α-hetero) is 1. The Hall–Kier alpha value is -2.15. The summed E-state index contributed by atoms with van der Waals surface area (Å²) < 4.78 is 0. The van der Waals surface area contributed by atoms with Gasteiger partial charge in [0.1, 0.15) is 5.82 Å². The zero-order valence-corrected chi connectivity index (χ0v) is 11.4. The molecular formula is C15H17N3O. The highest BCUT2D eigenvalue weighted by Crippen LogP contribution is 2.25. The first-order valence-electron chi connectivity index (χ1n) is 6.28. The lowest BCUT2D eigenvalue weighted by atomic mass is 9.86. The van der Waals surface area contributed by atoms with Gasteiger partial charge in [-0.2, -0.15) is 5.26 Å². The van der Waals surface area contributed by atoms with Gasteiger partial charge in [0.25, 0.3) is 0 Å². The van der Waals surface area contributed by atoms with E-state index in [1.165, 1.54) is 0 Å². The number of carbonyl (C=O) groups excluding carboxylic acids is 1. The SMILES string of the molecule is CC(C)(C)CC(=O)[C@@H](C#N)c1nc2ccccc2[nH]1. The maximum absolute atomic E-state index is 12.2. The van der Waals surface area contributed by atoms with Crippen LogP contribution < -0.4 is 0 Å². The number of hydrogen-bond acceptors (Lipinski definition) is 3. The first-order valence-corrected chi connectivity index (χ1v) is 6.28. The lowest BCUT2D eigenvalue weighted by Gasteiger charge is -2.17. The fourth-order valence-electron chi connectivity index (χ4n) is 2.02. The predicted molar refractivity (Wildman–Crippen MR) is 73.5 cm³/mol. The smallest absolute Gasteiger partial charge is 0.162 e. The van der Waals surface area contributed by atoms with Crippen LogP contribution >= 0.6 is 0 Å². The normalized spacial score (nSPS) is 13.2. The Morgan fingerprint density at radius 1 is 1.42 bits per heavy atom. The van der Waals surface area contributed by atoms with E-state index in [9.17, 15) is 10.1 Å². The average Bonchev–Trinajstić information content (AvgIpc) is 2.70. The summed E-state index contributed by atoms with van der Waals surface area (Å²) in [6, 6.07) is 9.57. The molecule has 19 heavy (non-hydrogen) atoms. The van der Waals surface area contributed by atoms with Gasteiger partial charge in [-0.3, -0.25) is 4.79 Å². The van der Waals surface area contributed by atoms with Crippen molar-refractivity contribution in [2.75, 3.05) is 0 Å². The molecule has 0 fully saturated rings. The third-order valence-corrected chi connectivity index (χ3v) is 2.84. The second-order valence-corrected chi connectivity index (χ2v) is 5.91. The zero-order valence-electron chi connectivity index (χ0n) is 11.4. The molecular weight excluding hydrogens is 238 g/mol. The van der Waals surface area contributed by atoms with Crippen molar-refractivity contribution >= 4 is 16.8 Å². The summed E-state index contributed by atoms with van der Waals surface area (Å²) in [6.07, 6.45) is 0.363. The number of nitrogens with one attached hydrogen (secondary N) is 1. The number of rotatable bonds is 3. The lowest BCUT2D eigenvalue weighted by Crippen LogP contribution is -2.19. The molecule has 4 nitrogen and oxygen atoms in total. The number of fused-ring (bicyclic) bond motifs is 1. The van der Waals surface area contributed by atoms with E-state index in [0.29, 0.717) is 12.2 Å². The topological polar surface area (TPSA) is 69.5 Å². The molecule has 1 aromatic carbocycles. The molecule has 1 N–H and O–H groups in total. The number of benzene rings is 1. The Labute approximate surface area is 112 Å². The Bertz CT molecular complexity index is 610. The van der Waals surface area contributed by atoms with Crippen molar-refractivity contribution in [3.63, 3.8) is 0 Å². The second-order valence-electron chi connectivity index (χ2n) is 5.91. The van der Waals surface area contributed by atoms with Crippen LogP contribution in [0.4, 0.5) is 0 Å². The van der Waals surface area contributed by atoms with Gasteiger partial charge in [0.05, 0.1) is 17.1 Å². The standard InChI is InChI=1S/C15H17N3O/c1-15(2,3)8-13(19)10(9-16)14-17-11-6-4-5-7-12(11)18-14/h4-7,10H,8H2,1-3H3,(H,17,18)/t10-/m1/s1. The van der Waals surface area contributed by atoms with E-state index in [1.807, 2.05) is 45.0 Å². The third-order valence-electron chi connectivity index (χ3n) is 2.84. The number of nitriles is 1. The summed E-state index contributed by atoms with van der Waals surface area (Å²) in [4.78, 5) is 19.6. The summed E-state index contributed by atoms with van der Waals surface area (Å²) >= 11 is 0. The molecule has 2 rings (SSSR count). The van der Waals surface area contributed by atoms with Gasteiger partial charge < -0.3 is 4.98 Å². The molecule has 0 aliphatic rings. The summed E-state index contributed by atoms with van der Waals surface area (Å²) in [5, 5.41) is 9.24. The van der Waals surface area contributed by atoms with Crippen molar-refractivity contribution in [3.8, 4) is 6.07 Å². The van der Waals surface area contributed by atoms with Crippen LogP contribution in [0.25, 0.3) is 11.0 Å². The van der Waals surface area contributed by atoms with Crippen molar-refractivity contribution in [2.45, 2.75) is 33.1 Å². The molecule has 0 aliphatic heterocycles. The number of nitrogens with zero attached hydrogens (tertiary/aromatic N) is 2. The predicted octanol–water partition coefficient (Wildman–Crippen LogP) is 3.18. The number of H-pyrrole nitrogens is 1. The minimum atomic E-state index is -0.813. The van der Waals surface area contributed by atoms with Gasteiger partial charge in [-0.25, -0.2) is 4.98 Å². The monoisotopic (exact) mass is 255 g/mol. The molecule has 0 unspecified atom stereocenters. The summed E-state index contributed by atoms with van der Waals surface area (Å²) in [5.74, 6) is -0.460. The second kappa shape index (κ2) is 4.85. The Morgan fingerprint density at radius 3 is 2.68 bits per heavy atom. The first-order chi connectivity index (χ1) is 8.90. The Morgan fingerprint density at radius 2 is 2.11 bits per heavy atom. The number of para-hydroxylation sites is 2. The number of hydrogen-bond donors (Lipinski definition) is 1. The number of ketones is 1. The van der Waals surface area contributed by atoms with Crippen molar-refractivity contribution in [1.82, 2.24) is 9.97 Å². The maximum Gasteiger partial charge on any atom is 0.162 e. The van der Waals surface area contributed by atoms with Gasteiger partial charge in [-0.1, -0.05) is 32.9 Å². The van der Waals surface area contributed by atoms with E-state index >= 15 is 0 Å². The van der Waals surface area contributed by atoms with E-state index in [4.69, 9.17) is 0 Å². The van der Waals surface area contributed by atoms with Crippen molar-refractivity contribution in [2.24, 2.45) is 5.41 Å². The average molecular weight is 255 g/mol. The van der Waals surface area contributed by atoms with Crippen molar-refractivity contribution in [3.05, 3.63) is 30.1 Å². The van der Waals surface area contributed by atoms with Crippen LogP contribution in [0.1, 0.15) is 38.9 Å². The molecule has 0 saturated heterocycles. The molecule has 1 aromatic heterocycles. The van der Waals surface area contributed by atoms with Gasteiger partial charge >= 0.3 is 0 Å². The summed E-state index contributed by atoms with van der Waals surface area (Å²) in [7, 11) is 0. The molecule has 0 aliphatic carbocycles. The summed E-state index contributed by atoms with van der Waals surface area (Å²) in [6.45, 7) is 5.95. The third kappa shape index (κ3) is 3.00. The maximum atomic E-state index is 12.2. The van der Waals surface area contributed by atoms with Crippen LogP contribution in [0.2, 0.25) is 0 Å². The first kappa shape index (κ1) is 13.3. The fraction of sp³-hybridized carbons (Fsp3) is 0.400. The number of carbonyl (C=O) groups is 1. The van der Waals surface area contributed by atoms with Crippen LogP contribution in [-0.2, 0) is 4.79 Å². The quantitative estimate of drug-likeness (QED) is 0.915. The van der Waals surface area contributed by atoms with Crippen LogP contribution in [0.15, 0.2) is 24.3 Å². The fourth-order valence-corrected chi connectivity index (χ4v) is 2.02. The van der Waals surface area contributed by atoms with Crippen LogP contribution in [-0.4, -0.2) is 15.8 Å². The van der Waals surface area contributed by atoms with Gasteiger partial charge in [-0.05, 0) is 17.5 Å². The van der Waals surface area contributed by atoms with Crippen molar-refractivity contribution in [1.29, 1.82) is 5.26 Å². The van der Waals surface area contributed by atoms with Crippen LogP contribution in [0.3, 0.4) is 0 Å². The van der Waals surface area contributed by atoms with Gasteiger partial charge in [0.2, 0.25) is 0 Å². The van der Waals surface area contributed by atoms with E-state index in [-0.39, 0.29) is 11.2 Å². The highest BCUT2D eigenvalue weighted by atomic mass is 16.1. The molecule has 0 radical (unpaired) electrons. The van der Waals surface area contributed by atoms with E-state index in [1.54, 1.807) is 0 Å². The molecule has 0 spiro atoms. The van der Waals surface area contributed by atoms with Gasteiger partial charge in [-0.15, -0.1) is 0 Å². The van der Waals surface area contributed by atoms with Crippen LogP contribution in [0.5, 0.6) is 0 Å². The number of imidazole rings is 1. The highest BCUT2D eigenvalue weighted by Gasteiger charge is 2.27. The molecule has 1 heterocycles. The Balaban J connectivity index is 2.32. The van der Waals surface area contributed by atoms with Gasteiger partial charge in [0, 0.05) is 6.42 Å².